The van der Waals surface area contributed by atoms with E-state index in [-0.39, 0.29) is 28.3 Å². The van der Waals surface area contributed by atoms with Crippen molar-refractivity contribution in [3.05, 3.63) is 53.2 Å². The zero-order valence-electron chi connectivity index (χ0n) is 14.6. The van der Waals surface area contributed by atoms with Gasteiger partial charge in [0, 0.05) is 0 Å². The largest absolute Gasteiger partial charge is 0.870 e. The number of benzene rings is 2. The Hall–Kier alpha value is -3.74. The first-order chi connectivity index (χ1) is 12.9. The molecule has 7 heteroatoms. The number of aromatic nitrogens is 1. The van der Waals surface area contributed by atoms with Gasteiger partial charge in [-0.15, -0.1) is 0 Å². The number of carboxylic acid groups (broad SMARTS) is 1. The molecule has 7 nitrogen and oxygen atoms in total. The fourth-order valence-corrected chi connectivity index (χ4v) is 2.63. The van der Waals surface area contributed by atoms with Crippen LogP contribution in [-0.2, 0) is 0 Å². The van der Waals surface area contributed by atoms with E-state index >= 15 is 0 Å². The van der Waals surface area contributed by atoms with Crippen molar-refractivity contribution in [2.45, 2.75) is 0 Å². The van der Waals surface area contributed by atoms with Gasteiger partial charge in [-0.3, -0.25) is 0 Å². The van der Waals surface area contributed by atoms with Crippen molar-refractivity contribution in [3.8, 4) is 23.0 Å². The van der Waals surface area contributed by atoms with Gasteiger partial charge in [0.2, 0.25) is 5.75 Å². The van der Waals surface area contributed by atoms with Crippen LogP contribution in [0.3, 0.4) is 0 Å². The number of methoxy groups -OCH3 is 2. The van der Waals surface area contributed by atoms with E-state index in [1.54, 1.807) is 42.5 Å². The number of phenolic OH excluding ortho intramolecular Hbond substituents is 1. The number of carbonyl (C=O) groups is 1. The molecule has 0 fully saturated rings. The lowest BCUT2D eigenvalue weighted by Crippen LogP contribution is -2.05. The molecule has 138 valence electrons. The van der Waals surface area contributed by atoms with Crippen LogP contribution in [0.1, 0.15) is 21.6 Å². The number of ether oxygens (including phenoxy) is 2. The minimum absolute atomic E-state index is 0.0953. The molecule has 0 bridgehead atoms. The Bertz CT molecular complexity index is 1030. The Labute approximate surface area is 154 Å². The summed E-state index contributed by atoms with van der Waals surface area (Å²) in [6.07, 6.45) is 3.38. The standard InChI is InChI=1S/C20H17NO6/c1-26-15-9-11(10-16(27-2)19(15)23)3-6-13-7-4-12-5-8-14(20(24)25)18(22)17(12)21-13/h3-10,22-23H,1-2H3,(H,24,25)/p-1/b6-3+. The molecule has 0 amide bonds. The van der Waals surface area contributed by atoms with Gasteiger partial charge in [-0.05, 0) is 41.3 Å². The second kappa shape index (κ2) is 7.25. The van der Waals surface area contributed by atoms with Crippen LogP contribution in [0.2, 0.25) is 0 Å². The van der Waals surface area contributed by atoms with Crippen molar-refractivity contribution in [1.82, 2.24) is 4.98 Å². The topological polar surface area (TPSA) is 112 Å². The molecule has 0 aliphatic heterocycles. The molecule has 27 heavy (non-hydrogen) atoms. The normalized spacial score (nSPS) is 11.0. The molecule has 0 saturated heterocycles. The molecule has 2 aromatic carbocycles. The van der Waals surface area contributed by atoms with Crippen LogP contribution in [0.25, 0.3) is 23.1 Å². The molecule has 0 atom stereocenters. The van der Waals surface area contributed by atoms with Crippen LogP contribution in [0.15, 0.2) is 36.4 Å². The van der Waals surface area contributed by atoms with Crippen LogP contribution < -0.4 is 14.6 Å². The van der Waals surface area contributed by atoms with Crippen molar-refractivity contribution >= 4 is 29.0 Å². The summed E-state index contributed by atoms with van der Waals surface area (Å²) in [5.41, 5.74) is 0.945. The summed E-state index contributed by atoms with van der Waals surface area (Å²) in [4.78, 5) is 15.4. The predicted molar refractivity (Wildman–Crippen MR) is 98.3 cm³/mol. The van der Waals surface area contributed by atoms with Crippen molar-refractivity contribution in [2.24, 2.45) is 0 Å². The quantitative estimate of drug-likeness (QED) is 0.714. The van der Waals surface area contributed by atoms with Crippen molar-refractivity contribution in [3.63, 3.8) is 0 Å². The number of phenols is 1. The van der Waals surface area contributed by atoms with Gasteiger partial charge in [0.1, 0.15) is 0 Å². The number of aromatic carboxylic acids is 1. The molecular formula is C20H16NO6-. The van der Waals surface area contributed by atoms with Crippen molar-refractivity contribution in [2.75, 3.05) is 14.2 Å². The molecule has 1 aromatic heterocycles. The van der Waals surface area contributed by atoms with Crippen LogP contribution in [0.5, 0.6) is 23.0 Å². The summed E-state index contributed by atoms with van der Waals surface area (Å²) in [5, 5.41) is 31.9. The lowest BCUT2D eigenvalue weighted by molar-refractivity contribution is -0.266. The fraction of sp³-hybridized carbons (Fsp3) is 0.100. The number of hydrogen-bond donors (Lipinski definition) is 2. The van der Waals surface area contributed by atoms with Crippen LogP contribution in [-0.4, -0.2) is 35.4 Å². The summed E-state index contributed by atoms with van der Waals surface area (Å²) in [6, 6.07) is 9.49. The SMILES string of the molecule is COc1cc(/C=C/c2ccc3ccc(C(=O)O)c([O-])c3n2)cc(OC)c1O. The van der Waals surface area contributed by atoms with Gasteiger partial charge >= 0.3 is 5.97 Å². The molecular weight excluding hydrogens is 350 g/mol. The second-order valence-corrected chi connectivity index (χ2v) is 5.66. The monoisotopic (exact) mass is 366 g/mol. The number of fused-ring (bicyclic) bond motifs is 1. The van der Waals surface area contributed by atoms with Crippen molar-refractivity contribution in [1.29, 1.82) is 0 Å². The smallest absolute Gasteiger partial charge is 0.335 e. The molecule has 0 aliphatic carbocycles. The highest BCUT2D eigenvalue weighted by atomic mass is 16.5. The third-order valence-corrected chi connectivity index (χ3v) is 4.02. The number of carboxylic acids is 1. The van der Waals surface area contributed by atoms with E-state index in [2.05, 4.69) is 4.98 Å². The van der Waals surface area contributed by atoms with Gasteiger partial charge in [-0.2, -0.15) is 0 Å². The minimum atomic E-state index is -1.28. The van der Waals surface area contributed by atoms with Gasteiger partial charge in [0.15, 0.2) is 11.5 Å². The molecule has 1 heterocycles. The molecule has 3 rings (SSSR count). The molecule has 0 radical (unpaired) electrons. The Kier molecular flexibility index (Phi) is 4.85. The fourth-order valence-electron chi connectivity index (χ4n) is 2.63. The second-order valence-electron chi connectivity index (χ2n) is 5.66. The maximum absolute atomic E-state index is 12.3. The van der Waals surface area contributed by atoms with E-state index in [1.807, 2.05) is 0 Å². The maximum Gasteiger partial charge on any atom is 0.335 e. The summed E-state index contributed by atoms with van der Waals surface area (Å²) in [6.45, 7) is 0. The van der Waals surface area contributed by atoms with Gasteiger partial charge < -0.3 is 24.8 Å². The van der Waals surface area contributed by atoms with E-state index in [1.165, 1.54) is 20.3 Å². The Morgan fingerprint density at radius 2 is 1.70 bits per heavy atom. The first kappa shape index (κ1) is 18.1. The van der Waals surface area contributed by atoms with E-state index in [9.17, 15) is 15.0 Å². The molecule has 0 spiro atoms. The van der Waals surface area contributed by atoms with E-state index in [4.69, 9.17) is 14.6 Å². The van der Waals surface area contributed by atoms with E-state index in [0.717, 1.165) is 0 Å². The average molecular weight is 366 g/mol. The highest BCUT2D eigenvalue weighted by Gasteiger charge is 2.10. The summed E-state index contributed by atoms with van der Waals surface area (Å²) in [7, 11) is 2.87. The number of rotatable bonds is 5. The van der Waals surface area contributed by atoms with E-state index in [0.29, 0.717) is 16.6 Å². The molecule has 0 saturated carbocycles. The van der Waals surface area contributed by atoms with Crippen LogP contribution >= 0.6 is 0 Å². The first-order valence-electron chi connectivity index (χ1n) is 7.91. The maximum atomic E-state index is 12.3. The molecule has 0 unspecified atom stereocenters. The predicted octanol–water partition coefficient (Wildman–Crippen LogP) is 2.90. The Balaban J connectivity index is 2.01. The van der Waals surface area contributed by atoms with Gasteiger partial charge in [-0.1, -0.05) is 24.0 Å². The third-order valence-electron chi connectivity index (χ3n) is 4.02. The first-order valence-corrected chi connectivity index (χ1v) is 7.91. The zero-order chi connectivity index (χ0) is 19.6. The number of nitrogens with zero attached hydrogens (tertiary/aromatic N) is 1. The lowest BCUT2D eigenvalue weighted by Gasteiger charge is -2.13. The lowest BCUT2D eigenvalue weighted by atomic mass is 10.1. The minimum Gasteiger partial charge on any atom is -0.870 e. The number of pyridine rings is 1. The van der Waals surface area contributed by atoms with Crippen LogP contribution in [0.4, 0.5) is 0 Å². The molecule has 2 N–H and O–H groups in total. The molecule has 3 aromatic rings. The summed E-state index contributed by atoms with van der Waals surface area (Å²) < 4.78 is 10.2. The van der Waals surface area contributed by atoms with Crippen LogP contribution in [0, 0.1) is 0 Å². The molecule has 0 aliphatic rings. The Morgan fingerprint density at radius 3 is 2.30 bits per heavy atom. The Morgan fingerprint density at radius 1 is 1.07 bits per heavy atom. The average Bonchev–Trinajstić information content (AvgIpc) is 2.67. The summed E-state index contributed by atoms with van der Waals surface area (Å²) in [5.74, 6) is -1.49. The summed E-state index contributed by atoms with van der Waals surface area (Å²) >= 11 is 0. The highest BCUT2D eigenvalue weighted by molar-refractivity contribution is 5.98. The number of aromatic hydroxyl groups is 1. The highest BCUT2D eigenvalue weighted by Crippen LogP contribution is 2.37. The van der Waals surface area contributed by atoms with Gasteiger partial charge in [-0.25, -0.2) is 9.78 Å². The van der Waals surface area contributed by atoms with E-state index < -0.39 is 11.7 Å². The zero-order valence-corrected chi connectivity index (χ0v) is 14.6. The third kappa shape index (κ3) is 3.48. The van der Waals surface area contributed by atoms with Gasteiger partial charge in [0.25, 0.3) is 0 Å². The number of hydrogen-bond acceptors (Lipinski definition) is 6. The van der Waals surface area contributed by atoms with Crippen molar-refractivity contribution < 1.29 is 29.6 Å². The van der Waals surface area contributed by atoms with Gasteiger partial charge in [0.05, 0.1) is 31.0 Å².